The van der Waals surface area contributed by atoms with Crippen molar-refractivity contribution in [3.8, 4) is 0 Å². The fraction of sp³-hybridized carbons (Fsp3) is 0.700. The van der Waals surface area contributed by atoms with Crippen LogP contribution in [-0.4, -0.2) is 28.6 Å². The minimum atomic E-state index is -0.288. The lowest BCUT2D eigenvalue weighted by Gasteiger charge is -2.30. The minimum absolute atomic E-state index is 0.0820. The quantitative estimate of drug-likeness (QED) is 0.830. The van der Waals surface area contributed by atoms with Crippen LogP contribution in [0.5, 0.6) is 0 Å². The van der Waals surface area contributed by atoms with Crippen LogP contribution in [0.15, 0.2) is 6.20 Å². The first kappa shape index (κ1) is 11.5. The number of carbonyl (C=O) groups is 1. The van der Waals surface area contributed by atoms with Gasteiger partial charge in [0.05, 0.1) is 11.6 Å². The van der Waals surface area contributed by atoms with Gasteiger partial charge in [0.15, 0.2) is 0 Å². The molecule has 5 nitrogen and oxygen atoms in total. The zero-order chi connectivity index (χ0) is 11.6. The Labute approximate surface area is 98.8 Å². The number of anilines is 1. The van der Waals surface area contributed by atoms with E-state index in [1.54, 1.807) is 6.20 Å². The maximum Gasteiger partial charge on any atom is 0.232 e. The zero-order valence-electron chi connectivity index (χ0n) is 9.49. The van der Waals surface area contributed by atoms with Crippen molar-refractivity contribution in [2.24, 2.45) is 11.3 Å². The van der Waals surface area contributed by atoms with Crippen LogP contribution in [-0.2, 0) is 4.79 Å². The number of nitrogens with zero attached hydrogens (tertiary/aromatic N) is 2. The Morgan fingerprint density at radius 1 is 1.69 bits per heavy atom. The molecule has 0 saturated carbocycles. The summed E-state index contributed by atoms with van der Waals surface area (Å²) in [7, 11) is 0. The molecule has 16 heavy (non-hydrogen) atoms. The van der Waals surface area contributed by atoms with E-state index in [1.165, 1.54) is 11.5 Å². The van der Waals surface area contributed by atoms with Gasteiger partial charge in [0, 0.05) is 18.1 Å². The molecule has 1 atom stereocenters. The van der Waals surface area contributed by atoms with E-state index in [-0.39, 0.29) is 11.3 Å². The second-order valence-corrected chi connectivity index (χ2v) is 5.26. The second kappa shape index (κ2) is 4.47. The van der Waals surface area contributed by atoms with Gasteiger partial charge >= 0.3 is 0 Å². The first-order valence-corrected chi connectivity index (χ1v) is 6.22. The van der Waals surface area contributed by atoms with Gasteiger partial charge < -0.3 is 10.6 Å². The summed E-state index contributed by atoms with van der Waals surface area (Å²) in [6.45, 7) is 5.85. The van der Waals surface area contributed by atoms with E-state index in [4.69, 9.17) is 0 Å². The number of nitrogens with one attached hydrogen (secondary N) is 2. The van der Waals surface area contributed by atoms with E-state index < -0.39 is 0 Å². The van der Waals surface area contributed by atoms with Crippen molar-refractivity contribution in [1.82, 2.24) is 14.9 Å². The monoisotopic (exact) mass is 240 g/mol. The fourth-order valence-corrected chi connectivity index (χ4v) is 2.53. The van der Waals surface area contributed by atoms with Gasteiger partial charge in [-0.05, 0) is 18.9 Å². The van der Waals surface area contributed by atoms with Gasteiger partial charge in [-0.1, -0.05) is 18.3 Å². The summed E-state index contributed by atoms with van der Waals surface area (Å²) < 4.78 is 3.73. The minimum Gasteiger partial charge on any atom is -0.316 e. The summed E-state index contributed by atoms with van der Waals surface area (Å²) in [5, 5.41) is 10.6. The number of carbonyl (C=O) groups excluding carboxylic acids is 1. The summed E-state index contributed by atoms with van der Waals surface area (Å²) in [4.78, 5) is 12.3. The summed E-state index contributed by atoms with van der Waals surface area (Å²) >= 11 is 1.21. The van der Waals surface area contributed by atoms with E-state index in [0.717, 1.165) is 24.5 Å². The molecule has 1 unspecified atom stereocenters. The average Bonchev–Trinajstić information content (AvgIpc) is 2.87. The average molecular weight is 240 g/mol. The van der Waals surface area contributed by atoms with E-state index in [2.05, 4.69) is 34.1 Å². The van der Waals surface area contributed by atoms with Crippen molar-refractivity contribution < 1.29 is 4.79 Å². The lowest BCUT2D eigenvalue weighted by Crippen LogP contribution is -2.42. The SMILES string of the molecule is CC(C)C1(C(=O)Nc2cnns2)CCNC1. The molecule has 1 aliphatic heterocycles. The van der Waals surface area contributed by atoms with Crippen LogP contribution in [0.3, 0.4) is 0 Å². The smallest absolute Gasteiger partial charge is 0.232 e. The Bertz CT molecular complexity index is 357. The molecule has 0 aromatic carbocycles. The molecule has 88 valence electrons. The molecule has 0 radical (unpaired) electrons. The maximum absolute atomic E-state index is 12.3. The Hall–Kier alpha value is -1.01. The van der Waals surface area contributed by atoms with Crippen LogP contribution in [0, 0.1) is 11.3 Å². The highest BCUT2D eigenvalue weighted by atomic mass is 32.1. The predicted octanol–water partition coefficient (Wildman–Crippen LogP) is 1.11. The number of hydrogen-bond acceptors (Lipinski definition) is 5. The third-order valence-electron chi connectivity index (χ3n) is 3.34. The van der Waals surface area contributed by atoms with Crippen molar-refractivity contribution >= 4 is 22.4 Å². The van der Waals surface area contributed by atoms with Crippen LogP contribution >= 0.6 is 11.5 Å². The Morgan fingerprint density at radius 3 is 3.00 bits per heavy atom. The summed E-state index contributed by atoms with van der Waals surface area (Å²) in [5.41, 5.74) is -0.288. The molecule has 1 aliphatic rings. The van der Waals surface area contributed by atoms with Crippen molar-refractivity contribution in [2.45, 2.75) is 20.3 Å². The van der Waals surface area contributed by atoms with E-state index in [9.17, 15) is 4.79 Å². The molecule has 1 saturated heterocycles. The lowest BCUT2D eigenvalue weighted by atomic mass is 9.75. The van der Waals surface area contributed by atoms with Crippen LogP contribution in [0.25, 0.3) is 0 Å². The standard InChI is InChI=1S/C10H16N4OS/c1-7(2)10(3-4-11-6-10)9(15)13-8-5-12-14-16-8/h5,7,11H,3-4,6H2,1-2H3,(H,13,15). The first-order valence-electron chi connectivity index (χ1n) is 5.45. The predicted molar refractivity (Wildman–Crippen MR) is 63.3 cm³/mol. The Morgan fingerprint density at radius 2 is 2.50 bits per heavy atom. The van der Waals surface area contributed by atoms with Crippen molar-refractivity contribution in [3.05, 3.63) is 6.20 Å². The van der Waals surface area contributed by atoms with Crippen LogP contribution in [0.4, 0.5) is 5.00 Å². The van der Waals surface area contributed by atoms with Gasteiger partial charge in [0.1, 0.15) is 5.00 Å². The Kier molecular flexibility index (Phi) is 3.20. The molecule has 1 aromatic heterocycles. The number of rotatable bonds is 3. The van der Waals surface area contributed by atoms with E-state index in [0.29, 0.717) is 5.92 Å². The second-order valence-electron chi connectivity index (χ2n) is 4.47. The third kappa shape index (κ3) is 1.94. The molecule has 1 amide bonds. The maximum atomic E-state index is 12.3. The van der Waals surface area contributed by atoms with Gasteiger partial charge in [-0.15, -0.1) is 5.10 Å². The highest BCUT2D eigenvalue weighted by Gasteiger charge is 2.43. The number of hydrogen-bond donors (Lipinski definition) is 2. The summed E-state index contributed by atoms with van der Waals surface area (Å²) in [6, 6.07) is 0. The molecule has 1 aromatic rings. The highest BCUT2D eigenvalue weighted by molar-refractivity contribution is 7.10. The van der Waals surface area contributed by atoms with Gasteiger partial charge in [-0.2, -0.15) is 0 Å². The Balaban J connectivity index is 2.12. The van der Waals surface area contributed by atoms with E-state index in [1.807, 2.05) is 0 Å². The molecule has 2 rings (SSSR count). The van der Waals surface area contributed by atoms with E-state index >= 15 is 0 Å². The lowest BCUT2D eigenvalue weighted by molar-refractivity contribution is -0.126. The third-order valence-corrected chi connectivity index (χ3v) is 3.92. The van der Waals surface area contributed by atoms with Crippen LogP contribution in [0.1, 0.15) is 20.3 Å². The normalized spacial score (nSPS) is 24.9. The largest absolute Gasteiger partial charge is 0.316 e. The molecular formula is C10H16N4OS. The molecule has 0 aliphatic carbocycles. The topological polar surface area (TPSA) is 66.9 Å². The number of aromatic nitrogens is 2. The van der Waals surface area contributed by atoms with Crippen LogP contribution in [0.2, 0.25) is 0 Å². The fourth-order valence-electron chi connectivity index (χ4n) is 2.12. The van der Waals surface area contributed by atoms with Crippen molar-refractivity contribution in [1.29, 1.82) is 0 Å². The summed E-state index contributed by atoms with van der Waals surface area (Å²) in [5.74, 6) is 0.405. The van der Waals surface area contributed by atoms with Gasteiger partial charge in [0.25, 0.3) is 0 Å². The molecule has 0 bridgehead atoms. The summed E-state index contributed by atoms with van der Waals surface area (Å²) in [6.07, 6.45) is 2.47. The number of amides is 1. The highest BCUT2D eigenvalue weighted by Crippen LogP contribution is 2.35. The van der Waals surface area contributed by atoms with Crippen molar-refractivity contribution in [3.63, 3.8) is 0 Å². The molecule has 2 heterocycles. The van der Waals surface area contributed by atoms with Crippen LogP contribution < -0.4 is 10.6 Å². The van der Waals surface area contributed by atoms with Crippen molar-refractivity contribution in [2.75, 3.05) is 18.4 Å². The zero-order valence-corrected chi connectivity index (χ0v) is 10.3. The first-order chi connectivity index (χ1) is 7.65. The molecule has 6 heteroatoms. The molecule has 0 spiro atoms. The molecular weight excluding hydrogens is 224 g/mol. The van der Waals surface area contributed by atoms with Gasteiger partial charge in [0.2, 0.25) is 5.91 Å². The molecule has 2 N–H and O–H groups in total. The molecule has 1 fully saturated rings. The van der Waals surface area contributed by atoms with Gasteiger partial charge in [-0.3, -0.25) is 4.79 Å². The van der Waals surface area contributed by atoms with Gasteiger partial charge in [-0.25, -0.2) is 0 Å².